The van der Waals surface area contributed by atoms with Crippen LogP contribution in [0.4, 0.5) is 5.69 Å². The normalized spacial score (nSPS) is 16.7. The molecule has 1 aliphatic heterocycles. The van der Waals surface area contributed by atoms with Gasteiger partial charge >= 0.3 is 5.97 Å². The summed E-state index contributed by atoms with van der Waals surface area (Å²) in [4.78, 5) is 25.6. The van der Waals surface area contributed by atoms with Crippen molar-refractivity contribution in [3.8, 4) is 0 Å². The molecule has 24 heavy (non-hydrogen) atoms. The van der Waals surface area contributed by atoms with E-state index in [0.29, 0.717) is 0 Å². The second-order valence-electron chi connectivity index (χ2n) is 6.32. The number of nitrogens with zero attached hydrogens (tertiary/aromatic N) is 1. The number of rotatable bonds is 5. The smallest absolute Gasteiger partial charge is 0.307 e. The van der Waals surface area contributed by atoms with Crippen LogP contribution in [-0.2, 0) is 19.6 Å². The van der Waals surface area contributed by atoms with Crippen LogP contribution in [0.5, 0.6) is 0 Å². The quantitative estimate of drug-likeness (QED) is 0.636. The molecule has 0 fully saturated rings. The average molecular weight is 355 g/mol. The van der Waals surface area contributed by atoms with E-state index in [2.05, 4.69) is 0 Å². The zero-order valence-corrected chi connectivity index (χ0v) is 14.7. The number of benzene rings is 1. The van der Waals surface area contributed by atoms with Crippen LogP contribution in [0.25, 0.3) is 0 Å². The van der Waals surface area contributed by atoms with Gasteiger partial charge in [-0.25, -0.2) is 0 Å². The predicted octanol–water partition coefficient (Wildman–Crippen LogP) is 1.92. The van der Waals surface area contributed by atoms with Gasteiger partial charge in [-0.15, -0.1) is 0 Å². The Morgan fingerprint density at radius 3 is 2.62 bits per heavy atom. The second-order valence-corrected chi connectivity index (χ2v) is 7.71. The maximum Gasteiger partial charge on any atom is 0.307 e. The zero-order valence-electron chi connectivity index (χ0n) is 13.9. The van der Waals surface area contributed by atoms with Crippen LogP contribution in [0.1, 0.15) is 37.6 Å². The summed E-state index contributed by atoms with van der Waals surface area (Å²) < 4.78 is 37.7. The molecule has 0 saturated carbocycles. The SMILES string of the molecule is CCOC(=O)CCN1CC(C)(C)C(=O)c2cccc(S(=O)(=O)O)c21. The molecule has 1 aromatic rings. The summed E-state index contributed by atoms with van der Waals surface area (Å²) in [6.07, 6.45) is 0.0529. The Kier molecular flexibility index (Phi) is 5.00. The lowest BCUT2D eigenvalue weighted by Crippen LogP contribution is -2.46. The number of carbonyl (C=O) groups excluding carboxylic acids is 2. The fraction of sp³-hybridized carbons (Fsp3) is 0.500. The fourth-order valence-electron chi connectivity index (χ4n) is 2.88. The molecule has 0 aliphatic carbocycles. The molecule has 0 saturated heterocycles. The van der Waals surface area contributed by atoms with Crippen molar-refractivity contribution in [1.82, 2.24) is 0 Å². The van der Waals surface area contributed by atoms with Crippen LogP contribution in [-0.4, -0.2) is 44.4 Å². The molecule has 0 radical (unpaired) electrons. The van der Waals surface area contributed by atoms with E-state index in [1.165, 1.54) is 18.2 Å². The molecule has 0 atom stereocenters. The van der Waals surface area contributed by atoms with Crippen LogP contribution >= 0.6 is 0 Å². The van der Waals surface area contributed by atoms with Gasteiger partial charge < -0.3 is 9.64 Å². The van der Waals surface area contributed by atoms with E-state index in [-0.39, 0.29) is 48.0 Å². The maximum absolute atomic E-state index is 12.6. The highest BCUT2D eigenvalue weighted by Gasteiger charge is 2.40. The van der Waals surface area contributed by atoms with Crippen molar-refractivity contribution in [3.63, 3.8) is 0 Å². The summed E-state index contributed by atoms with van der Waals surface area (Å²) in [7, 11) is -4.50. The lowest BCUT2D eigenvalue weighted by molar-refractivity contribution is -0.142. The first-order valence-electron chi connectivity index (χ1n) is 7.64. The molecule has 0 amide bonds. The Morgan fingerprint density at radius 2 is 2.04 bits per heavy atom. The van der Waals surface area contributed by atoms with Gasteiger partial charge in [0.1, 0.15) is 4.90 Å². The molecule has 0 aromatic heterocycles. The highest BCUT2D eigenvalue weighted by atomic mass is 32.2. The summed E-state index contributed by atoms with van der Waals surface area (Å²) in [6.45, 7) is 5.91. The van der Waals surface area contributed by atoms with Crippen molar-refractivity contribution in [2.75, 3.05) is 24.6 Å². The van der Waals surface area contributed by atoms with Crippen molar-refractivity contribution in [2.45, 2.75) is 32.1 Å². The number of fused-ring (bicyclic) bond motifs is 1. The number of carbonyl (C=O) groups is 2. The third kappa shape index (κ3) is 3.59. The Morgan fingerprint density at radius 1 is 1.38 bits per heavy atom. The van der Waals surface area contributed by atoms with Crippen molar-refractivity contribution in [2.24, 2.45) is 5.41 Å². The van der Waals surface area contributed by atoms with Gasteiger partial charge in [0.25, 0.3) is 10.1 Å². The lowest BCUT2D eigenvalue weighted by atomic mass is 9.79. The Bertz CT molecular complexity index is 769. The Hall–Kier alpha value is -1.93. The molecule has 7 nitrogen and oxygen atoms in total. The number of hydrogen-bond donors (Lipinski definition) is 1. The molecule has 0 unspecified atom stereocenters. The average Bonchev–Trinajstić information content (AvgIpc) is 2.48. The Balaban J connectivity index is 2.49. The third-order valence-corrected chi connectivity index (χ3v) is 4.82. The Labute approximate surface area is 141 Å². The first-order valence-corrected chi connectivity index (χ1v) is 9.08. The van der Waals surface area contributed by atoms with Gasteiger partial charge in [-0.05, 0) is 19.1 Å². The van der Waals surface area contributed by atoms with E-state index in [4.69, 9.17) is 4.74 Å². The van der Waals surface area contributed by atoms with Gasteiger partial charge in [-0.1, -0.05) is 19.9 Å². The number of hydrogen-bond acceptors (Lipinski definition) is 6. The molecule has 1 heterocycles. The third-order valence-electron chi connectivity index (χ3n) is 3.93. The second kappa shape index (κ2) is 6.52. The van der Waals surface area contributed by atoms with Crippen molar-refractivity contribution < 1.29 is 27.3 Å². The minimum absolute atomic E-state index is 0.0529. The van der Waals surface area contributed by atoms with Crippen LogP contribution in [0, 0.1) is 5.41 Å². The minimum Gasteiger partial charge on any atom is -0.466 e. The van der Waals surface area contributed by atoms with Crippen LogP contribution in [0.3, 0.4) is 0 Å². The van der Waals surface area contributed by atoms with E-state index in [1.54, 1.807) is 25.7 Å². The molecule has 132 valence electrons. The summed E-state index contributed by atoms with van der Waals surface area (Å²) in [5.41, 5.74) is -0.363. The molecule has 0 bridgehead atoms. The molecular formula is C16H21NO6S. The number of Topliss-reactive ketones (excluding diaryl/α,β-unsaturated/α-hetero) is 1. The minimum atomic E-state index is -4.50. The van der Waals surface area contributed by atoms with Crippen molar-refractivity contribution in [3.05, 3.63) is 23.8 Å². The number of anilines is 1. The van der Waals surface area contributed by atoms with E-state index < -0.39 is 21.5 Å². The number of ketones is 1. The zero-order chi connectivity index (χ0) is 18.1. The summed E-state index contributed by atoms with van der Waals surface area (Å²) in [5, 5.41) is 0. The maximum atomic E-state index is 12.6. The van der Waals surface area contributed by atoms with Gasteiger partial charge in [0.2, 0.25) is 0 Å². The monoisotopic (exact) mass is 355 g/mol. The molecule has 1 aliphatic rings. The number of para-hydroxylation sites is 1. The topological polar surface area (TPSA) is 101 Å². The van der Waals surface area contributed by atoms with Crippen LogP contribution in [0.2, 0.25) is 0 Å². The van der Waals surface area contributed by atoms with E-state index in [0.717, 1.165) is 0 Å². The van der Waals surface area contributed by atoms with Crippen molar-refractivity contribution in [1.29, 1.82) is 0 Å². The van der Waals surface area contributed by atoms with Crippen LogP contribution in [0.15, 0.2) is 23.1 Å². The van der Waals surface area contributed by atoms with E-state index in [9.17, 15) is 22.6 Å². The molecule has 8 heteroatoms. The van der Waals surface area contributed by atoms with E-state index in [1.807, 2.05) is 0 Å². The van der Waals surface area contributed by atoms with Gasteiger partial charge in [0.05, 0.1) is 18.7 Å². The number of ether oxygens (including phenoxy) is 1. The highest BCUT2D eigenvalue weighted by Crippen LogP contribution is 2.40. The van der Waals surface area contributed by atoms with Gasteiger partial charge in [-0.3, -0.25) is 14.1 Å². The standard InChI is InChI=1S/C16H21NO6S/c1-4-23-13(18)8-9-17-10-16(2,3)15(19)11-6-5-7-12(14(11)17)24(20,21)22/h5-7H,4,8-10H2,1-3H3,(H,20,21,22). The largest absolute Gasteiger partial charge is 0.466 e. The van der Waals surface area contributed by atoms with Gasteiger partial charge in [0.15, 0.2) is 5.78 Å². The van der Waals surface area contributed by atoms with Gasteiger partial charge in [0, 0.05) is 24.1 Å². The van der Waals surface area contributed by atoms with Crippen LogP contribution < -0.4 is 4.90 Å². The molecular weight excluding hydrogens is 334 g/mol. The number of esters is 1. The first-order chi connectivity index (χ1) is 11.1. The molecule has 0 spiro atoms. The summed E-state index contributed by atoms with van der Waals surface area (Å²) in [6, 6.07) is 4.20. The van der Waals surface area contributed by atoms with Gasteiger partial charge in [-0.2, -0.15) is 8.42 Å². The molecule has 1 N–H and O–H groups in total. The summed E-state index contributed by atoms with van der Waals surface area (Å²) >= 11 is 0. The summed E-state index contributed by atoms with van der Waals surface area (Å²) in [5.74, 6) is -0.603. The molecule has 1 aromatic carbocycles. The predicted molar refractivity (Wildman–Crippen MR) is 87.8 cm³/mol. The van der Waals surface area contributed by atoms with E-state index >= 15 is 0 Å². The lowest BCUT2D eigenvalue weighted by Gasteiger charge is -2.40. The fourth-order valence-corrected chi connectivity index (χ4v) is 3.62. The van der Waals surface area contributed by atoms with Crippen molar-refractivity contribution >= 4 is 27.6 Å². The first kappa shape index (κ1) is 18.4. The highest BCUT2D eigenvalue weighted by molar-refractivity contribution is 7.86. The molecule has 2 rings (SSSR count).